The van der Waals surface area contributed by atoms with Gasteiger partial charge in [0.2, 0.25) is 0 Å². The Bertz CT molecular complexity index is 452. The van der Waals surface area contributed by atoms with Crippen LogP contribution in [0.4, 0.5) is 0 Å². The summed E-state index contributed by atoms with van der Waals surface area (Å²) in [7, 11) is 1.92. The molecular weight excluding hydrogens is 340 g/mol. The van der Waals surface area contributed by atoms with Gasteiger partial charge in [-0.25, -0.2) is 0 Å². The Kier molecular flexibility index (Phi) is 6.01. The van der Waals surface area contributed by atoms with Crippen molar-refractivity contribution in [1.82, 2.24) is 9.80 Å². The van der Waals surface area contributed by atoms with Crippen molar-refractivity contribution in [2.75, 3.05) is 26.7 Å². The molecule has 0 saturated carbocycles. The van der Waals surface area contributed by atoms with E-state index in [1.54, 1.807) is 11.3 Å². The Labute approximate surface area is 132 Å². The van der Waals surface area contributed by atoms with Crippen molar-refractivity contribution < 1.29 is 9.90 Å². The van der Waals surface area contributed by atoms with Crippen LogP contribution in [0.2, 0.25) is 0 Å². The van der Waals surface area contributed by atoms with Crippen LogP contribution in [-0.4, -0.2) is 53.6 Å². The fraction of sp³-hybridized carbons (Fsp3) is 0.643. The van der Waals surface area contributed by atoms with Crippen LogP contribution < -0.4 is 0 Å². The average molecular weight is 361 g/mol. The molecular formula is C14H21BrN2O2S. The zero-order valence-electron chi connectivity index (χ0n) is 11.7. The number of halogens is 1. The monoisotopic (exact) mass is 360 g/mol. The van der Waals surface area contributed by atoms with Crippen LogP contribution in [0.3, 0.4) is 0 Å². The quantitative estimate of drug-likeness (QED) is 0.876. The van der Waals surface area contributed by atoms with Crippen LogP contribution in [0, 0.1) is 0 Å². The zero-order chi connectivity index (χ0) is 14.5. The van der Waals surface area contributed by atoms with E-state index in [1.807, 2.05) is 11.9 Å². The smallest absolute Gasteiger partial charge is 0.317 e. The number of hydrogen-bond donors (Lipinski definition) is 1. The van der Waals surface area contributed by atoms with Gasteiger partial charge in [0.25, 0.3) is 0 Å². The number of thiophene rings is 1. The summed E-state index contributed by atoms with van der Waals surface area (Å²) in [5, 5.41) is 13.2. The SMILES string of the molecule is CN(CC(=O)O)C1CCCN(Cc2cscc2Br)CC1. The molecule has 0 aromatic carbocycles. The third-order valence-corrected chi connectivity index (χ3v) is 5.71. The number of carbonyl (C=O) groups is 1. The maximum atomic E-state index is 10.8. The van der Waals surface area contributed by atoms with Crippen molar-refractivity contribution in [2.24, 2.45) is 0 Å². The lowest BCUT2D eigenvalue weighted by atomic mass is 10.1. The first-order valence-corrected chi connectivity index (χ1v) is 8.65. The molecule has 0 amide bonds. The number of rotatable bonds is 5. The van der Waals surface area contributed by atoms with Crippen molar-refractivity contribution in [2.45, 2.75) is 31.8 Å². The Morgan fingerprint density at radius 1 is 1.50 bits per heavy atom. The fourth-order valence-corrected chi connectivity index (χ4v) is 4.16. The first-order chi connectivity index (χ1) is 9.56. The predicted molar refractivity (Wildman–Crippen MR) is 85.2 cm³/mol. The minimum atomic E-state index is -0.740. The van der Waals surface area contributed by atoms with Crippen molar-refractivity contribution in [3.8, 4) is 0 Å². The standard InChI is InChI=1S/C14H21BrN2O2S/c1-16(8-14(18)19)12-3-2-5-17(6-4-12)7-11-9-20-10-13(11)15/h9-10,12H,2-8H2,1H3,(H,18,19). The number of hydrogen-bond acceptors (Lipinski definition) is 4. The highest BCUT2D eigenvalue weighted by Crippen LogP contribution is 2.24. The van der Waals surface area contributed by atoms with Crippen molar-refractivity contribution in [3.05, 3.63) is 20.8 Å². The number of likely N-dealkylation sites (tertiary alicyclic amines) is 1. The highest BCUT2D eigenvalue weighted by molar-refractivity contribution is 9.10. The maximum Gasteiger partial charge on any atom is 0.317 e. The summed E-state index contributed by atoms with van der Waals surface area (Å²) in [5.74, 6) is -0.740. The molecule has 1 aliphatic heterocycles. The van der Waals surface area contributed by atoms with Crippen LogP contribution in [0.15, 0.2) is 15.2 Å². The molecule has 1 aromatic heterocycles. The van der Waals surface area contributed by atoms with E-state index in [0.717, 1.165) is 38.9 Å². The summed E-state index contributed by atoms with van der Waals surface area (Å²) in [6.45, 7) is 3.26. The molecule has 0 bridgehead atoms. The van der Waals surface area contributed by atoms with Gasteiger partial charge in [-0.3, -0.25) is 14.6 Å². The molecule has 2 rings (SSSR count). The van der Waals surface area contributed by atoms with Gasteiger partial charge >= 0.3 is 5.97 Å². The second-order valence-electron chi connectivity index (χ2n) is 5.41. The van der Waals surface area contributed by atoms with Gasteiger partial charge < -0.3 is 5.11 Å². The summed E-state index contributed by atoms with van der Waals surface area (Å²) in [5.41, 5.74) is 1.35. The zero-order valence-corrected chi connectivity index (χ0v) is 14.1. The lowest BCUT2D eigenvalue weighted by Crippen LogP contribution is -2.36. The van der Waals surface area contributed by atoms with Crippen molar-refractivity contribution in [1.29, 1.82) is 0 Å². The van der Waals surface area contributed by atoms with Crippen LogP contribution >= 0.6 is 27.3 Å². The number of aliphatic carboxylic acids is 1. The van der Waals surface area contributed by atoms with Gasteiger partial charge in [0.05, 0.1) is 6.54 Å². The molecule has 0 aliphatic carbocycles. The Morgan fingerprint density at radius 2 is 2.30 bits per heavy atom. The Hall–Kier alpha value is -0.430. The van der Waals surface area contributed by atoms with Crippen LogP contribution in [0.5, 0.6) is 0 Å². The van der Waals surface area contributed by atoms with Gasteiger partial charge in [0, 0.05) is 22.4 Å². The second-order valence-corrected chi connectivity index (χ2v) is 7.01. The number of carboxylic acids is 1. The highest BCUT2D eigenvalue weighted by atomic mass is 79.9. The first-order valence-electron chi connectivity index (χ1n) is 6.91. The highest BCUT2D eigenvalue weighted by Gasteiger charge is 2.22. The van der Waals surface area contributed by atoms with E-state index in [4.69, 9.17) is 5.11 Å². The van der Waals surface area contributed by atoms with Gasteiger partial charge in [-0.05, 0) is 66.3 Å². The fourth-order valence-electron chi connectivity index (χ4n) is 2.74. The molecule has 1 aromatic rings. The van der Waals surface area contributed by atoms with E-state index in [9.17, 15) is 4.79 Å². The van der Waals surface area contributed by atoms with Crippen molar-refractivity contribution >= 4 is 33.2 Å². The molecule has 1 aliphatic rings. The van der Waals surface area contributed by atoms with E-state index in [0.29, 0.717) is 6.04 Å². The van der Waals surface area contributed by atoms with Crippen LogP contribution in [0.25, 0.3) is 0 Å². The molecule has 2 heterocycles. The molecule has 1 atom stereocenters. The Morgan fingerprint density at radius 3 is 2.95 bits per heavy atom. The molecule has 0 spiro atoms. The van der Waals surface area contributed by atoms with Crippen LogP contribution in [0.1, 0.15) is 24.8 Å². The number of nitrogens with zero attached hydrogens (tertiary/aromatic N) is 2. The molecule has 6 heteroatoms. The van der Waals surface area contributed by atoms with Crippen LogP contribution in [-0.2, 0) is 11.3 Å². The minimum Gasteiger partial charge on any atom is -0.480 e. The lowest BCUT2D eigenvalue weighted by molar-refractivity contribution is -0.138. The summed E-state index contributed by atoms with van der Waals surface area (Å²) >= 11 is 5.31. The largest absolute Gasteiger partial charge is 0.480 e. The summed E-state index contributed by atoms with van der Waals surface area (Å²) in [4.78, 5) is 15.2. The first kappa shape index (κ1) is 15.9. The average Bonchev–Trinajstić information content (AvgIpc) is 2.64. The van der Waals surface area contributed by atoms with Gasteiger partial charge in [0.15, 0.2) is 0 Å². The maximum absolute atomic E-state index is 10.8. The van der Waals surface area contributed by atoms with E-state index >= 15 is 0 Å². The molecule has 0 radical (unpaired) electrons. The predicted octanol–water partition coefficient (Wildman–Crippen LogP) is 2.88. The van der Waals surface area contributed by atoms with Crippen molar-refractivity contribution in [3.63, 3.8) is 0 Å². The number of carboxylic acid groups (broad SMARTS) is 1. The third-order valence-electron chi connectivity index (χ3n) is 3.88. The normalized spacial score (nSPS) is 21.1. The van der Waals surface area contributed by atoms with E-state index < -0.39 is 5.97 Å². The van der Waals surface area contributed by atoms with Gasteiger partial charge in [0.1, 0.15) is 0 Å². The molecule has 1 unspecified atom stereocenters. The molecule has 20 heavy (non-hydrogen) atoms. The van der Waals surface area contributed by atoms with Gasteiger partial charge in [-0.2, -0.15) is 11.3 Å². The summed E-state index contributed by atoms with van der Waals surface area (Å²) < 4.78 is 1.20. The van der Waals surface area contributed by atoms with E-state index in [1.165, 1.54) is 10.0 Å². The molecule has 1 fully saturated rings. The summed E-state index contributed by atoms with van der Waals surface area (Å²) in [6.07, 6.45) is 3.27. The van der Waals surface area contributed by atoms with Gasteiger partial charge in [-0.1, -0.05) is 0 Å². The molecule has 4 nitrogen and oxygen atoms in total. The van der Waals surface area contributed by atoms with E-state index in [2.05, 4.69) is 31.6 Å². The minimum absolute atomic E-state index is 0.140. The van der Waals surface area contributed by atoms with E-state index in [-0.39, 0.29) is 6.54 Å². The third kappa shape index (κ3) is 4.55. The molecule has 1 N–H and O–H groups in total. The van der Waals surface area contributed by atoms with Gasteiger partial charge in [-0.15, -0.1) is 0 Å². The summed E-state index contributed by atoms with van der Waals surface area (Å²) in [6, 6.07) is 0.391. The molecule has 112 valence electrons. The topological polar surface area (TPSA) is 43.8 Å². The Balaban J connectivity index is 1.86. The lowest BCUT2D eigenvalue weighted by Gasteiger charge is -2.25. The molecule has 1 saturated heterocycles. The number of likely N-dealkylation sites (N-methyl/N-ethyl adjacent to an activating group) is 1. The second kappa shape index (κ2) is 7.54.